The molecule has 3 aliphatic rings. The summed E-state index contributed by atoms with van der Waals surface area (Å²) >= 11 is 0. The molecule has 0 aliphatic carbocycles. The number of hydrogen-bond donors (Lipinski definition) is 2. The van der Waals surface area contributed by atoms with Crippen molar-refractivity contribution < 1.29 is 9.59 Å². The minimum atomic E-state index is -0.557. The molecule has 3 aliphatic heterocycles. The van der Waals surface area contributed by atoms with Gasteiger partial charge in [0.1, 0.15) is 5.54 Å². The van der Waals surface area contributed by atoms with Crippen molar-refractivity contribution in [2.45, 2.75) is 50.6 Å². The van der Waals surface area contributed by atoms with Crippen LogP contribution >= 0.6 is 0 Å². The summed E-state index contributed by atoms with van der Waals surface area (Å²) in [5.41, 5.74) is 1.27. The molecular formula is C20H28N4O2. The van der Waals surface area contributed by atoms with Gasteiger partial charge in [-0.1, -0.05) is 12.1 Å². The molecule has 6 heteroatoms. The van der Waals surface area contributed by atoms with E-state index in [1.54, 1.807) is 0 Å². The van der Waals surface area contributed by atoms with Crippen LogP contribution in [0.5, 0.6) is 0 Å². The highest BCUT2D eigenvalue weighted by atomic mass is 16.2. The number of amides is 2. The SMILES string of the molecule is CC(C(=O)N1CCCCC1)N1CCC2(CC1)Nc1ccccc1NC2=O. The summed E-state index contributed by atoms with van der Waals surface area (Å²) in [7, 11) is 0. The van der Waals surface area contributed by atoms with Crippen molar-refractivity contribution in [3.05, 3.63) is 24.3 Å². The second-order valence-electron chi connectivity index (χ2n) is 7.80. The average Bonchev–Trinajstić information content (AvgIpc) is 2.69. The van der Waals surface area contributed by atoms with Gasteiger partial charge in [0.05, 0.1) is 17.4 Å². The van der Waals surface area contributed by atoms with E-state index in [0.717, 1.165) is 50.4 Å². The van der Waals surface area contributed by atoms with Gasteiger partial charge >= 0.3 is 0 Å². The fourth-order valence-electron chi connectivity index (χ4n) is 4.44. The molecule has 1 unspecified atom stereocenters. The molecule has 0 radical (unpaired) electrons. The Morgan fingerprint density at radius 3 is 2.38 bits per heavy atom. The van der Waals surface area contributed by atoms with Crippen molar-refractivity contribution in [2.75, 3.05) is 36.8 Å². The van der Waals surface area contributed by atoms with Crippen LogP contribution in [0.1, 0.15) is 39.0 Å². The second-order valence-corrected chi connectivity index (χ2v) is 7.80. The van der Waals surface area contributed by atoms with Gasteiger partial charge in [-0.2, -0.15) is 0 Å². The Labute approximate surface area is 154 Å². The van der Waals surface area contributed by atoms with Gasteiger partial charge in [-0.25, -0.2) is 0 Å². The van der Waals surface area contributed by atoms with Crippen LogP contribution < -0.4 is 10.6 Å². The maximum absolute atomic E-state index is 12.8. The number of fused-ring (bicyclic) bond motifs is 1. The molecule has 6 nitrogen and oxygen atoms in total. The zero-order chi connectivity index (χ0) is 18.1. The largest absolute Gasteiger partial charge is 0.369 e. The van der Waals surface area contributed by atoms with E-state index in [4.69, 9.17) is 0 Å². The predicted molar refractivity (Wildman–Crippen MR) is 102 cm³/mol. The van der Waals surface area contributed by atoms with Gasteiger partial charge in [0.2, 0.25) is 11.8 Å². The topological polar surface area (TPSA) is 64.7 Å². The molecular weight excluding hydrogens is 328 g/mol. The molecule has 140 valence electrons. The Kier molecular flexibility index (Phi) is 4.61. The summed E-state index contributed by atoms with van der Waals surface area (Å²) in [5.74, 6) is 0.290. The van der Waals surface area contributed by atoms with Crippen molar-refractivity contribution in [1.29, 1.82) is 0 Å². The fraction of sp³-hybridized carbons (Fsp3) is 0.600. The normalized spacial score (nSPS) is 23.7. The first kappa shape index (κ1) is 17.3. The van der Waals surface area contributed by atoms with Crippen LogP contribution in [0.15, 0.2) is 24.3 Å². The van der Waals surface area contributed by atoms with E-state index in [1.807, 2.05) is 36.1 Å². The van der Waals surface area contributed by atoms with Crippen molar-refractivity contribution in [3.63, 3.8) is 0 Å². The first-order valence-corrected chi connectivity index (χ1v) is 9.81. The lowest BCUT2D eigenvalue weighted by Gasteiger charge is -2.46. The fourth-order valence-corrected chi connectivity index (χ4v) is 4.44. The standard InChI is InChI=1S/C20H28N4O2/c1-15(18(25)24-11-5-2-6-12-24)23-13-9-20(10-14-23)19(26)21-16-7-3-4-8-17(16)22-20/h3-4,7-8,15,22H,2,5-6,9-14H2,1H3,(H,21,26). The van der Waals surface area contributed by atoms with Crippen LogP contribution in [0, 0.1) is 0 Å². The van der Waals surface area contributed by atoms with Crippen LogP contribution in [0.2, 0.25) is 0 Å². The number of benzene rings is 1. The third-order valence-corrected chi connectivity index (χ3v) is 6.21. The maximum Gasteiger partial charge on any atom is 0.250 e. The van der Waals surface area contributed by atoms with Gasteiger partial charge in [-0.15, -0.1) is 0 Å². The Hall–Kier alpha value is -2.08. The van der Waals surface area contributed by atoms with Crippen molar-refractivity contribution in [2.24, 2.45) is 0 Å². The molecule has 26 heavy (non-hydrogen) atoms. The van der Waals surface area contributed by atoms with E-state index in [-0.39, 0.29) is 17.9 Å². The number of para-hydroxylation sites is 2. The molecule has 2 fully saturated rings. The highest BCUT2D eigenvalue weighted by Crippen LogP contribution is 2.36. The van der Waals surface area contributed by atoms with Crippen molar-refractivity contribution in [1.82, 2.24) is 9.80 Å². The minimum Gasteiger partial charge on any atom is -0.369 e. The van der Waals surface area contributed by atoms with E-state index >= 15 is 0 Å². The van der Waals surface area contributed by atoms with Gasteiger partial charge in [0, 0.05) is 26.2 Å². The molecule has 0 bridgehead atoms. The number of hydrogen-bond acceptors (Lipinski definition) is 4. The maximum atomic E-state index is 12.8. The lowest BCUT2D eigenvalue weighted by molar-refractivity contribution is -0.138. The summed E-state index contributed by atoms with van der Waals surface area (Å²) in [6, 6.07) is 7.72. The highest BCUT2D eigenvalue weighted by Gasteiger charge is 2.45. The lowest BCUT2D eigenvalue weighted by atomic mass is 9.84. The van der Waals surface area contributed by atoms with Crippen LogP contribution in [-0.2, 0) is 9.59 Å². The summed E-state index contributed by atoms with van der Waals surface area (Å²) in [4.78, 5) is 29.8. The molecule has 2 N–H and O–H groups in total. The molecule has 4 rings (SSSR count). The van der Waals surface area contributed by atoms with Crippen LogP contribution in [-0.4, -0.2) is 59.4 Å². The van der Waals surface area contributed by atoms with Gasteiger partial charge in [-0.3, -0.25) is 14.5 Å². The molecule has 1 aromatic carbocycles. The number of carbonyl (C=O) groups excluding carboxylic acids is 2. The monoisotopic (exact) mass is 356 g/mol. The third kappa shape index (κ3) is 3.07. The first-order valence-electron chi connectivity index (χ1n) is 9.81. The van der Waals surface area contributed by atoms with Crippen LogP contribution in [0.3, 0.4) is 0 Å². The summed E-state index contributed by atoms with van der Waals surface area (Å²) < 4.78 is 0. The molecule has 3 heterocycles. The van der Waals surface area contributed by atoms with E-state index in [1.165, 1.54) is 6.42 Å². The van der Waals surface area contributed by atoms with Crippen molar-refractivity contribution in [3.8, 4) is 0 Å². The Balaban J connectivity index is 1.41. The molecule has 0 aromatic heterocycles. The van der Waals surface area contributed by atoms with Crippen molar-refractivity contribution >= 4 is 23.2 Å². The molecule has 2 amide bonds. The molecule has 0 saturated carbocycles. The summed E-state index contributed by atoms with van der Waals surface area (Å²) in [6.07, 6.45) is 4.89. The Morgan fingerprint density at radius 1 is 1.04 bits per heavy atom. The summed E-state index contributed by atoms with van der Waals surface area (Å²) in [5, 5.41) is 6.52. The number of anilines is 2. The van der Waals surface area contributed by atoms with Gasteiger partial charge in [-0.05, 0) is 51.2 Å². The Bertz CT molecular complexity index is 691. The van der Waals surface area contributed by atoms with E-state index in [2.05, 4.69) is 15.5 Å². The van der Waals surface area contributed by atoms with Gasteiger partial charge < -0.3 is 15.5 Å². The number of likely N-dealkylation sites (tertiary alicyclic amines) is 2. The minimum absolute atomic E-state index is 0.0471. The van der Waals surface area contributed by atoms with Crippen LogP contribution in [0.4, 0.5) is 11.4 Å². The van der Waals surface area contributed by atoms with Gasteiger partial charge in [0.25, 0.3) is 0 Å². The number of carbonyl (C=O) groups is 2. The lowest BCUT2D eigenvalue weighted by Crippen LogP contribution is -2.60. The smallest absolute Gasteiger partial charge is 0.250 e. The average molecular weight is 356 g/mol. The Morgan fingerprint density at radius 2 is 1.69 bits per heavy atom. The quantitative estimate of drug-likeness (QED) is 0.853. The summed E-state index contributed by atoms with van der Waals surface area (Å²) in [6.45, 7) is 5.30. The number of nitrogens with zero attached hydrogens (tertiary/aromatic N) is 2. The molecule has 2 saturated heterocycles. The second kappa shape index (κ2) is 6.91. The zero-order valence-electron chi connectivity index (χ0n) is 15.5. The zero-order valence-corrected chi connectivity index (χ0v) is 15.5. The number of rotatable bonds is 2. The first-order chi connectivity index (χ1) is 12.6. The van der Waals surface area contributed by atoms with Crippen LogP contribution in [0.25, 0.3) is 0 Å². The number of nitrogens with one attached hydrogen (secondary N) is 2. The molecule has 1 atom stereocenters. The van der Waals surface area contributed by atoms with E-state index < -0.39 is 5.54 Å². The third-order valence-electron chi connectivity index (χ3n) is 6.21. The predicted octanol–water partition coefficient (Wildman–Crippen LogP) is 2.29. The highest BCUT2D eigenvalue weighted by molar-refractivity contribution is 6.06. The van der Waals surface area contributed by atoms with Gasteiger partial charge in [0.15, 0.2) is 0 Å². The van der Waals surface area contributed by atoms with E-state index in [9.17, 15) is 9.59 Å². The molecule has 1 spiro atoms. The number of piperidine rings is 2. The molecule has 1 aromatic rings. The van der Waals surface area contributed by atoms with E-state index in [0.29, 0.717) is 12.8 Å².